The van der Waals surface area contributed by atoms with Crippen molar-refractivity contribution in [1.82, 2.24) is 4.67 Å². The quantitative estimate of drug-likeness (QED) is 0.424. The van der Waals surface area contributed by atoms with Crippen LogP contribution in [0.15, 0.2) is 0 Å². The maximum Gasteiger partial charge on any atom is 0.613 e. The van der Waals surface area contributed by atoms with E-state index in [4.69, 9.17) is 4.89 Å². The molecule has 0 aliphatic carbocycles. The average Bonchev–Trinajstić information content (AvgIpc) is 2.13. The van der Waals surface area contributed by atoms with Gasteiger partial charge in [-0.2, -0.15) is 0 Å². The Balaban J connectivity index is 2.48. The van der Waals surface area contributed by atoms with Gasteiger partial charge in [-0.25, -0.2) is 0 Å². The lowest BCUT2D eigenvalue weighted by atomic mass is 10.3. The van der Waals surface area contributed by atoms with Crippen LogP contribution in [0, 0.1) is 0 Å². The molecule has 3 nitrogen and oxygen atoms in total. The van der Waals surface area contributed by atoms with Crippen LogP contribution in [0.4, 0.5) is 0 Å². The van der Waals surface area contributed by atoms with E-state index in [0.29, 0.717) is 0 Å². The molecule has 1 saturated heterocycles. The molecule has 4 heteroatoms. The summed E-state index contributed by atoms with van der Waals surface area (Å²) < 4.78 is 11.8. The minimum atomic E-state index is -2.05. The topological polar surface area (TPSA) is 40.3 Å². The van der Waals surface area contributed by atoms with Gasteiger partial charge in [0.2, 0.25) is 0 Å². The van der Waals surface area contributed by atoms with Gasteiger partial charge in [0.05, 0.1) is 12.1 Å². The van der Waals surface area contributed by atoms with Gasteiger partial charge in [-0.1, -0.05) is 4.67 Å². The van der Waals surface area contributed by atoms with Crippen molar-refractivity contribution in [2.24, 2.45) is 0 Å². The molecule has 0 aromatic carbocycles. The summed E-state index contributed by atoms with van der Waals surface area (Å²) in [5.74, 6) is 0. The predicted molar refractivity (Wildman–Crippen MR) is 30.6 cm³/mol. The van der Waals surface area contributed by atoms with E-state index >= 15 is 0 Å². The van der Waals surface area contributed by atoms with E-state index in [9.17, 15) is 4.57 Å². The fraction of sp³-hybridized carbons (Fsp3) is 1.00. The lowest BCUT2D eigenvalue weighted by Gasteiger charge is -1.87. The third-order valence-corrected chi connectivity index (χ3v) is 2.43. The summed E-state index contributed by atoms with van der Waals surface area (Å²) in [5.41, 5.74) is -0.0117. The summed E-state index contributed by atoms with van der Waals surface area (Å²) in [4.78, 5) is 8.46. The highest BCUT2D eigenvalue weighted by Gasteiger charge is 2.56. The van der Waals surface area contributed by atoms with Crippen molar-refractivity contribution in [3.63, 3.8) is 0 Å². The zero-order valence-corrected chi connectivity index (χ0v) is 5.85. The zero-order valence-electron chi connectivity index (χ0n) is 4.96. The van der Waals surface area contributed by atoms with E-state index in [1.54, 1.807) is 4.67 Å². The van der Waals surface area contributed by atoms with Crippen molar-refractivity contribution < 1.29 is 9.46 Å². The third-order valence-electron chi connectivity index (χ3n) is 1.34. The van der Waals surface area contributed by atoms with Crippen LogP contribution in [0.25, 0.3) is 0 Å². The molecule has 0 saturated carbocycles. The second-order valence-electron chi connectivity index (χ2n) is 2.62. The molecule has 0 bridgehead atoms. The van der Waals surface area contributed by atoms with E-state index in [1.807, 2.05) is 13.8 Å². The summed E-state index contributed by atoms with van der Waals surface area (Å²) in [6.45, 7) is 4.63. The van der Waals surface area contributed by atoms with Gasteiger partial charge in [0, 0.05) is 0 Å². The van der Waals surface area contributed by atoms with Crippen molar-refractivity contribution >= 4 is 8.18 Å². The molecule has 1 aliphatic heterocycles. The van der Waals surface area contributed by atoms with Gasteiger partial charge in [-0.05, 0) is 18.4 Å². The van der Waals surface area contributed by atoms with Gasteiger partial charge in [-0.15, -0.1) is 4.89 Å². The van der Waals surface area contributed by atoms with E-state index in [0.717, 1.165) is 6.54 Å². The maximum absolute atomic E-state index is 10.3. The molecule has 0 radical (unpaired) electrons. The molecule has 1 aliphatic rings. The van der Waals surface area contributed by atoms with Crippen molar-refractivity contribution in [3.05, 3.63) is 0 Å². The first-order valence-corrected chi connectivity index (χ1v) is 3.64. The molecule has 8 heavy (non-hydrogen) atoms. The van der Waals surface area contributed by atoms with Gasteiger partial charge in [-0.3, -0.25) is 0 Å². The Kier molecular flexibility index (Phi) is 1.15. The first-order chi connectivity index (χ1) is 3.54. The summed E-state index contributed by atoms with van der Waals surface area (Å²) >= 11 is 0. The van der Waals surface area contributed by atoms with E-state index < -0.39 is 8.18 Å². The number of hydrogen-bond acceptors (Lipinski definition) is 1. The third kappa shape index (κ3) is 0.895. The van der Waals surface area contributed by atoms with Crippen molar-refractivity contribution in [3.8, 4) is 0 Å². The van der Waals surface area contributed by atoms with E-state index in [-0.39, 0.29) is 5.54 Å². The molecule has 0 aromatic rings. The molecule has 1 N–H and O–H groups in total. The second-order valence-corrected chi connectivity index (χ2v) is 3.61. The normalized spacial score (nSPS) is 34.4. The zero-order chi connectivity index (χ0) is 6.36. The lowest BCUT2D eigenvalue weighted by molar-refractivity contribution is 0.451. The molecule has 2 atom stereocenters. The second kappa shape index (κ2) is 1.50. The lowest BCUT2D eigenvalue weighted by Crippen LogP contribution is -2.00. The Hall–Kier alpha value is 0.0200. The number of rotatable bonds is 1. The van der Waals surface area contributed by atoms with E-state index in [1.165, 1.54) is 0 Å². The Labute approximate surface area is 49.2 Å². The van der Waals surface area contributed by atoms with Crippen LogP contribution in [-0.4, -0.2) is 21.6 Å². The molecule has 1 fully saturated rings. The highest BCUT2D eigenvalue weighted by atomic mass is 31.1. The molecular weight excluding hydrogens is 125 g/mol. The van der Waals surface area contributed by atoms with Crippen molar-refractivity contribution in [1.29, 1.82) is 0 Å². The fourth-order valence-corrected chi connectivity index (χ4v) is 1.55. The average molecular weight is 134 g/mol. The van der Waals surface area contributed by atoms with Gasteiger partial charge in [0.25, 0.3) is 0 Å². The Morgan fingerprint density at radius 3 is 2.12 bits per heavy atom. The summed E-state index contributed by atoms with van der Waals surface area (Å²) in [5, 5.41) is 0. The van der Waals surface area contributed by atoms with Gasteiger partial charge < -0.3 is 0 Å². The van der Waals surface area contributed by atoms with Gasteiger partial charge in [0.1, 0.15) is 0 Å². The Morgan fingerprint density at radius 1 is 1.75 bits per heavy atom. The maximum atomic E-state index is 10.3. The standard InChI is InChI=1S/C4H8NO2P/c1-4(2)3-5(4)8(6)7/h3H2,1-2H3/p+1. The van der Waals surface area contributed by atoms with Crippen LogP contribution in [0.5, 0.6) is 0 Å². The molecular formula is C4H9NO2P+. The Morgan fingerprint density at radius 2 is 2.12 bits per heavy atom. The molecule has 0 amide bonds. The fourth-order valence-electron chi connectivity index (χ4n) is 0.623. The van der Waals surface area contributed by atoms with Crippen LogP contribution >= 0.6 is 8.18 Å². The van der Waals surface area contributed by atoms with Crippen LogP contribution in [-0.2, 0) is 4.57 Å². The minimum absolute atomic E-state index is 0.0117. The van der Waals surface area contributed by atoms with Crippen LogP contribution < -0.4 is 0 Å². The summed E-state index contributed by atoms with van der Waals surface area (Å²) in [6, 6.07) is 0. The summed E-state index contributed by atoms with van der Waals surface area (Å²) in [7, 11) is -2.05. The SMILES string of the molecule is CC1(C)CN1[P+](=O)O. The Bertz CT molecular complexity index is 134. The van der Waals surface area contributed by atoms with Gasteiger partial charge in [0.15, 0.2) is 0 Å². The van der Waals surface area contributed by atoms with E-state index in [2.05, 4.69) is 0 Å². The number of nitrogens with zero attached hydrogens (tertiary/aromatic N) is 1. The predicted octanol–water partition coefficient (Wildman–Crippen LogP) is 0.730. The minimum Gasteiger partial charge on any atom is -0.144 e. The van der Waals surface area contributed by atoms with Crippen LogP contribution in [0.2, 0.25) is 0 Å². The first kappa shape index (κ1) is 6.14. The van der Waals surface area contributed by atoms with Crippen LogP contribution in [0.1, 0.15) is 13.8 Å². The molecule has 2 unspecified atom stereocenters. The number of hydrogen-bond donors (Lipinski definition) is 1. The monoisotopic (exact) mass is 134 g/mol. The molecule has 0 spiro atoms. The van der Waals surface area contributed by atoms with Gasteiger partial charge >= 0.3 is 8.18 Å². The van der Waals surface area contributed by atoms with Crippen LogP contribution in [0.3, 0.4) is 0 Å². The van der Waals surface area contributed by atoms with Crippen molar-refractivity contribution in [2.45, 2.75) is 19.4 Å². The first-order valence-electron chi connectivity index (χ1n) is 2.48. The molecule has 1 rings (SSSR count). The largest absolute Gasteiger partial charge is 0.613 e. The smallest absolute Gasteiger partial charge is 0.144 e. The molecule has 1 heterocycles. The van der Waals surface area contributed by atoms with Crippen molar-refractivity contribution in [2.75, 3.05) is 6.54 Å². The summed E-state index contributed by atoms with van der Waals surface area (Å²) in [6.07, 6.45) is 0. The molecule has 0 aromatic heterocycles. The highest BCUT2D eigenvalue weighted by molar-refractivity contribution is 7.35. The highest BCUT2D eigenvalue weighted by Crippen LogP contribution is 2.43. The molecule has 46 valence electrons.